The Kier molecular flexibility index (Phi) is 3.97. The Labute approximate surface area is 98.2 Å². The van der Waals surface area contributed by atoms with Crippen LogP contribution in [0.5, 0.6) is 0 Å². The summed E-state index contributed by atoms with van der Waals surface area (Å²) < 4.78 is 0. The first-order valence-corrected chi connectivity index (χ1v) is 6.36. The third kappa shape index (κ3) is 2.63. The quantitative estimate of drug-likeness (QED) is 0.813. The molecule has 2 heteroatoms. The zero-order chi connectivity index (χ0) is 11.4. The lowest BCUT2D eigenvalue weighted by atomic mass is 9.89. The number of rotatable bonds is 4. The second-order valence-corrected chi connectivity index (χ2v) is 4.70. The molecule has 0 saturated heterocycles. The Morgan fingerprint density at radius 3 is 2.75 bits per heavy atom. The summed E-state index contributed by atoms with van der Waals surface area (Å²) in [5.74, 6) is 0. The van der Waals surface area contributed by atoms with E-state index in [0.717, 1.165) is 6.54 Å². The Morgan fingerprint density at radius 1 is 1.25 bits per heavy atom. The van der Waals surface area contributed by atoms with E-state index in [9.17, 15) is 0 Å². The predicted octanol–water partition coefficient (Wildman–Crippen LogP) is 2.17. The smallest absolute Gasteiger partial charge is 0.0292 e. The lowest BCUT2D eigenvalue weighted by Gasteiger charge is -2.19. The van der Waals surface area contributed by atoms with Gasteiger partial charge in [0.05, 0.1) is 0 Å². The topological polar surface area (TPSA) is 38.0 Å². The van der Waals surface area contributed by atoms with Crippen LogP contribution in [-0.2, 0) is 12.8 Å². The fraction of sp³-hybridized carbons (Fsp3) is 0.571. The summed E-state index contributed by atoms with van der Waals surface area (Å²) >= 11 is 0. The molecule has 2 rings (SSSR count). The maximum Gasteiger partial charge on any atom is 0.0292 e. The Bertz CT molecular complexity index is 347. The highest BCUT2D eigenvalue weighted by atomic mass is 14.9. The van der Waals surface area contributed by atoms with Crippen LogP contribution in [0.1, 0.15) is 42.5 Å². The molecule has 0 aromatic heterocycles. The molecule has 1 aromatic rings. The van der Waals surface area contributed by atoms with Crippen molar-refractivity contribution in [3.8, 4) is 0 Å². The first-order valence-electron chi connectivity index (χ1n) is 6.36. The number of nitrogens with two attached hydrogens (primary N) is 1. The van der Waals surface area contributed by atoms with Gasteiger partial charge in [0.2, 0.25) is 0 Å². The normalized spacial score (nSPS) is 16.9. The molecule has 1 aliphatic carbocycles. The second-order valence-electron chi connectivity index (χ2n) is 4.70. The van der Waals surface area contributed by atoms with E-state index in [4.69, 9.17) is 5.73 Å². The molecule has 0 fully saturated rings. The van der Waals surface area contributed by atoms with Crippen molar-refractivity contribution in [1.29, 1.82) is 0 Å². The number of nitrogens with one attached hydrogen (secondary N) is 1. The molecular weight excluding hydrogens is 196 g/mol. The number of hydrogen-bond donors (Lipinski definition) is 2. The van der Waals surface area contributed by atoms with E-state index >= 15 is 0 Å². The molecule has 0 aliphatic heterocycles. The summed E-state index contributed by atoms with van der Waals surface area (Å²) in [6.07, 6.45) is 5.22. The van der Waals surface area contributed by atoms with Crippen LogP contribution in [0.25, 0.3) is 0 Å². The largest absolute Gasteiger partial charge is 0.329 e. The van der Waals surface area contributed by atoms with Crippen molar-refractivity contribution in [2.24, 2.45) is 5.73 Å². The second kappa shape index (κ2) is 5.46. The molecule has 1 aliphatic rings. The Hall–Kier alpha value is -0.860. The molecule has 1 atom stereocenters. The van der Waals surface area contributed by atoms with Crippen LogP contribution < -0.4 is 11.1 Å². The molecular formula is C14H22N2. The van der Waals surface area contributed by atoms with E-state index in [2.05, 4.69) is 30.4 Å². The minimum atomic E-state index is 0.413. The molecule has 16 heavy (non-hydrogen) atoms. The zero-order valence-corrected chi connectivity index (χ0v) is 10.1. The molecule has 1 unspecified atom stereocenters. The zero-order valence-electron chi connectivity index (χ0n) is 10.1. The molecule has 0 saturated carbocycles. The maximum absolute atomic E-state index is 5.50. The number of fused-ring (bicyclic) bond motifs is 1. The molecule has 1 aromatic carbocycles. The first kappa shape index (κ1) is 11.6. The van der Waals surface area contributed by atoms with Gasteiger partial charge in [-0.15, -0.1) is 0 Å². The molecule has 0 bridgehead atoms. The van der Waals surface area contributed by atoms with Gasteiger partial charge in [-0.1, -0.05) is 18.2 Å². The van der Waals surface area contributed by atoms with Crippen LogP contribution in [-0.4, -0.2) is 13.1 Å². The Balaban J connectivity index is 2.10. The van der Waals surface area contributed by atoms with Crippen molar-refractivity contribution in [3.63, 3.8) is 0 Å². The van der Waals surface area contributed by atoms with Crippen molar-refractivity contribution >= 4 is 0 Å². The van der Waals surface area contributed by atoms with Gasteiger partial charge in [0.25, 0.3) is 0 Å². The highest BCUT2D eigenvalue weighted by Gasteiger charge is 2.11. The van der Waals surface area contributed by atoms with Crippen LogP contribution in [0.3, 0.4) is 0 Å². The van der Waals surface area contributed by atoms with E-state index in [1.165, 1.54) is 31.2 Å². The fourth-order valence-electron chi connectivity index (χ4n) is 2.44. The van der Waals surface area contributed by atoms with Crippen molar-refractivity contribution in [2.75, 3.05) is 13.1 Å². The van der Waals surface area contributed by atoms with Gasteiger partial charge in [0, 0.05) is 19.1 Å². The summed E-state index contributed by atoms with van der Waals surface area (Å²) in [4.78, 5) is 0. The van der Waals surface area contributed by atoms with Crippen LogP contribution in [0, 0.1) is 0 Å². The van der Waals surface area contributed by atoms with Crippen molar-refractivity contribution < 1.29 is 0 Å². The van der Waals surface area contributed by atoms with E-state index < -0.39 is 0 Å². The van der Waals surface area contributed by atoms with Gasteiger partial charge < -0.3 is 11.1 Å². The molecule has 0 heterocycles. The predicted molar refractivity (Wildman–Crippen MR) is 68.6 cm³/mol. The third-order valence-corrected chi connectivity index (χ3v) is 3.47. The average molecular weight is 218 g/mol. The molecule has 0 amide bonds. The monoisotopic (exact) mass is 218 g/mol. The molecule has 0 radical (unpaired) electrons. The molecule has 88 valence electrons. The van der Waals surface area contributed by atoms with Crippen LogP contribution >= 0.6 is 0 Å². The number of benzene rings is 1. The third-order valence-electron chi connectivity index (χ3n) is 3.47. The van der Waals surface area contributed by atoms with Crippen molar-refractivity contribution in [2.45, 2.75) is 38.6 Å². The summed E-state index contributed by atoms with van der Waals surface area (Å²) in [6.45, 7) is 3.80. The highest BCUT2D eigenvalue weighted by molar-refractivity contribution is 5.35. The first-order chi connectivity index (χ1) is 7.81. The van der Waals surface area contributed by atoms with Crippen LogP contribution in [0.2, 0.25) is 0 Å². The van der Waals surface area contributed by atoms with Gasteiger partial charge in [-0.25, -0.2) is 0 Å². The van der Waals surface area contributed by atoms with Crippen LogP contribution in [0.15, 0.2) is 18.2 Å². The maximum atomic E-state index is 5.50. The minimum absolute atomic E-state index is 0.413. The van der Waals surface area contributed by atoms with E-state index in [1.807, 2.05) is 0 Å². The van der Waals surface area contributed by atoms with E-state index in [-0.39, 0.29) is 0 Å². The van der Waals surface area contributed by atoms with Crippen molar-refractivity contribution in [3.05, 3.63) is 34.9 Å². The van der Waals surface area contributed by atoms with Gasteiger partial charge >= 0.3 is 0 Å². The van der Waals surface area contributed by atoms with Gasteiger partial charge in [-0.05, 0) is 49.3 Å². The summed E-state index contributed by atoms with van der Waals surface area (Å²) in [7, 11) is 0. The number of hydrogen-bond acceptors (Lipinski definition) is 2. The van der Waals surface area contributed by atoms with E-state index in [1.54, 1.807) is 11.1 Å². The van der Waals surface area contributed by atoms with E-state index in [0.29, 0.717) is 12.6 Å². The lowest BCUT2D eigenvalue weighted by molar-refractivity contribution is 0.580. The highest BCUT2D eigenvalue weighted by Crippen LogP contribution is 2.24. The SMILES string of the molecule is CC(NCCN)c1ccc2c(c1)CCCC2. The molecule has 2 nitrogen and oxygen atoms in total. The minimum Gasteiger partial charge on any atom is -0.329 e. The lowest BCUT2D eigenvalue weighted by Crippen LogP contribution is -2.25. The Morgan fingerprint density at radius 2 is 2.00 bits per heavy atom. The fourth-order valence-corrected chi connectivity index (χ4v) is 2.44. The molecule has 3 N–H and O–H groups in total. The summed E-state index contributed by atoms with van der Waals surface area (Å²) in [6, 6.07) is 7.36. The summed E-state index contributed by atoms with van der Waals surface area (Å²) in [5.41, 5.74) is 10.0. The van der Waals surface area contributed by atoms with Gasteiger partial charge in [0.1, 0.15) is 0 Å². The van der Waals surface area contributed by atoms with Gasteiger partial charge in [0.15, 0.2) is 0 Å². The average Bonchev–Trinajstić information content (AvgIpc) is 2.35. The standard InChI is InChI=1S/C14H22N2/c1-11(16-9-8-15)13-7-6-12-4-2-3-5-14(12)10-13/h6-7,10-11,16H,2-5,8-9,15H2,1H3. The van der Waals surface area contributed by atoms with Gasteiger partial charge in [-0.2, -0.15) is 0 Å². The van der Waals surface area contributed by atoms with Crippen molar-refractivity contribution in [1.82, 2.24) is 5.32 Å². The molecule has 0 spiro atoms. The van der Waals surface area contributed by atoms with Crippen LogP contribution in [0.4, 0.5) is 0 Å². The number of aryl methyl sites for hydroxylation is 2. The van der Waals surface area contributed by atoms with Gasteiger partial charge in [-0.3, -0.25) is 0 Å². The summed E-state index contributed by atoms with van der Waals surface area (Å²) in [5, 5.41) is 3.43.